The molecule has 0 aliphatic carbocycles. The molecule has 1 unspecified atom stereocenters. The number of thiophene rings is 1. The lowest BCUT2D eigenvalue weighted by Crippen LogP contribution is -2.43. The molecule has 0 radical (unpaired) electrons. The van der Waals surface area contributed by atoms with Gasteiger partial charge in [-0.3, -0.25) is 4.90 Å². The lowest BCUT2D eigenvalue weighted by molar-refractivity contribution is 0.0179. The molecule has 114 valence electrons. The third kappa shape index (κ3) is 4.68. The van der Waals surface area contributed by atoms with Crippen LogP contribution in [0.4, 0.5) is 0 Å². The molecule has 1 N–H and O–H groups in total. The van der Waals surface area contributed by atoms with E-state index in [0.29, 0.717) is 19.8 Å². The van der Waals surface area contributed by atoms with Crippen LogP contribution in [-0.4, -0.2) is 57.8 Å². The fourth-order valence-electron chi connectivity index (χ4n) is 2.16. The van der Waals surface area contributed by atoms with E-state index < -0.39 is 10.0 Å². The molecule has 0 spiro atoms. The van der Waals surface area contributed by atoms with Gasteiger partial charge in [0.1, 0.15) is 0 Å². The minimum absolute atomic E-state index is 0.0468. The van der Waals surface area contributed by atoms with Gasteiger partial charge in [-0.15, -0.1) is 22.9 Å². The van der Waals surface area contributed by atoms with E-state index in [9.17, 15) is 8.42 Å². The van der Waals surface area contributed by atoms with Crippen molar-refractivity contribution in [1.29, 1.82) is 0 Å². The second kappa shape index (κ2) is 7.72. The van der Waals surface area contributed by atoms with E-state index in [1.165, 1.54) is 4.88 Å². The highest BCUT2D eigenvalue weighted by Crippen LogP contribution is 2.25. The summed E-state index contributed by atoms with van der Waals surface area (Å²) in [6, 6.07) is 4.09. The normalized spacial score (nSPS) is 19.1. The van der Waals surface area contributed by atoms with Gasteiger partial charge < -0.3 is 4.74 Å². The Hall–Kier alpha value is -0.180. The number of ether oxygens (including phenoxy) is 1. The van der Waals surface area contributed by atoms with Crippen molar-refractivity contribution in [3.8, 4) is 0 Å². The predicted octanol–water partition coefficient (Wildman–Crippen LogP) is 1.28. The van der Waals surface area contributed by atoms with Crippen molar-refractivity contribution in [2.24, 2.45) is 0 Å². The number of morpholine rings is 1. The molecular formula is C12H19ClN2O3S2. The Morgan fingerprint density at radius 1 is 1.45 bits per heavy atom. The molecule has 5 nitrogen and oxygen atoms in total. The maximum Gasteiger partial charge on any atom is 0.212 e. The van der Waals surface area contributed by atoms with Crippen LogP contribution in [0.3, 0.4) is 0 Å². The van der Waals surface area contributed by atoms with E-state index in [0.717, 1.165) is 13.1 Å². The zero-order valence-electron chi connectivity index (χ0n) is 11.1. The molecule has 2 heterocycles. The molecule has 1 atom stereocenters. The molecule has 0 bridgehead atoms. The summed E-state index contributed by atoms with van der Waals surface area (Å²) < 4.78 is 31.5. The Morgan fingerprint density at radius 2 is 2.20 bits per heavy atom. The average molecular weight is 339 g/mol. The number of rotatable bonds is 7. The molecule has 0 aromatic carbocycles. The number of nitrogens with zero attached hydrogens (tertiary/aromatic N) is 1. The van der Waals surface area contributed by atoms with Crippen LogP contribution < -0.4 is 4.72 Å². The van der Waals surface area contributed by atoms with Gasteiger partial charge >= 0.3 is 0 Å². The SMILES string of the molecule is O=S(=O)(CCCl)NCC(c1cccs1)N1CCOCC1. The summed E-state index contributed by atoms with van der Waals surface area (Å²) in [7, 11) is -3.29. The Labute approximate surface area is 128 Å². The molecule has 0 saturated carbocycles. The zero-order valence-corrected chi connectivity index (χ0v) is 13.5. The first-order valence-electron chi connectivity index (χ1n) is 6.51. The van der Waals surface area contributed by atoms with Crippen molar-refractivity contribution in [1.82, 2.24) is 9.62 Å². The fourth-order valence-corrected chi connectivity index (χ4v) is 4.39. The van der Waals surface area contributed by atoms with Gasteiger partial charge in [0.25, 0.3) is 0 Å². The minimum Gasteiger partial charge on any atom is -0.379 e. The number of hydrogen-bond acceptors (Lipinski definition) is 5. The van der Waals surface area contributed by atoms with Crippen LogP contribution in [0.25, 0.3) is 0 Å². The van der Waals surface area contributed by atoms with Gasteiger partial charge in [-0.05, 0) is 11.4 Å². The summed E-state index contributed by atoms with van der Waals surface area (Å²) in [4.78, 5) is 3.43. The lowest BCUT2D eigenvalue weighted by Gasteiger charge is -2.34. The van der Waals surface area contributed by atoms with Gasteiger partial charge in [-0.1, -0.05) is 6.07 Å². The summed E-state index contributed by atoms with van der Waals surface area (Å²) in [5.74, 6) is 0.0609. The van der Waals surface area contributed by atoms with E-state index in [1.807, 2.05) is 17.5 Å². The van der Waals surface area contributed by atoms with E-state index >= 15 is 0 Å². The second-order valence-corrected chi connectivity index (χ2v) is 7.82. The van der Waals surface area contributed by atoms with Gasteiger partial charge in [0, 0.05) is 30.4 Å². The first-order chi connectivity index (χ1) is 9.62. The molecule has 1 aliphatic rings. The molecule has 0 amide bonds. The van der Waals surface area contributed by atoms with Crippen molar-refractivity contribution < 1.29 is 13.2 Å². The van der Waals surface area contributed by atoms with Gasteiger partial charge in [-0.2, -0.15) is 0 Å². The van der Waals surface area contributed by atoms with Gasteiger partial charge in [0.2, 0.25) is 10.0 Å². The maximum atomic E-state index is 11.8. The molecule has 1 aromatic rings. The standard InChI is InChI=1S/C12H19ClN2O3S2/c13-3-9-20(16,17)14-10-11(12-2-1-8-19-12)15-4-6-18-7-5-15/h1-2,8,11,14H,3-7,9-10H2. The predicted molar refractivity (Wildman–Crippen MR) is 82.0 cm³/mol. The van der Waals surface area contributed by atoms with E-state index in [-0.39, 0.29) is 17.7 Å². The molecule has 1 saturated heterocycles. The number of nitrogens with one attached hydrogen (secondary N) is 1. The van der Waals surface area contributed by atoms with E-state index in [1.54, 1.807) is 11.3 Å². The molecule has 1 aromatic heterocycles. The van der Waals surface area contributed by atoms with Crippen LogP contribution in [0.5, 0.6) is 0 Å². The Balaban J connectivity index is 2.03. The van der Waals surface area contributed by atoms with Crippen molar-refractivity contribution >= 4 is 33.0 Å². The quantitative estimate of drug-likeness (QED) is 0.761. The smallest absolute Gasteiger partial charge is 0.212 e. The third-order valence-electron chi connectivity index (χ3n) is 3.20. The van der Waals surface area contributed by atoms with Crippen LogP contribution in [0.1, 0.15) is 10.9 Å². The van der Waals surface area contributed by atoms with Crippen molar-refractivity contribution in [3.05, 3.63) is 22.4 Å². The van der Waals surface area contributed by atoms with Crippen molar-refractivity contribution in [2.45, 2.75) is 6.04 Å². The molecule has 1 aliphatic heterocycles. The summed E-state index contributed by atoms with van der Waals surface area (Å²) >= 11 is 7.15. The minimum atomic E-state index is -3.29. The average Bonchev–Trinajstić information content (AvgIpc) is 2.94. The third-order valence-corrected chi connectivity index (χ3v) is 5.94. The number of sulfonamides is 1. The van der Waals surface area contributed by atoms with Gasteiger partial charge in [0.05, 0.1) is 25.0 Å². The Morgan fingerprint density at radius 3 is 2.80 bits per heavy atom. The topological polar surface area (TPSA) is 58.6 Å². The summed E-state index contributed by atoms with van der Waals surface area (Å²) in [5.41, 5.74) is 0. The number of alkyl halides is 1. The van der Waals surface area contributed by atoms with Crippen LogP contribution in [0, 0.1) is 0 Å². The fraction of sp³-hybridized carbons (Fsp3) is 0.667. The largest absolute Gasteiger partial charge is 0.379 e. The van der Waals surface area contributed by atoms with Crippen LogP contribution >= 0.6 is 22.9 Å². The van der Waals surface area contributed by atoms with E-state index in [2.05, 4.69) is 9.62 Å². The van der Waals surface area contributed by atoms with Gasteiger partial charge in [-0.25, -0.2) is 13.1 Å². The van der Waals surface area contributed by atoms with Crippen molar-refractivity contribution in [2.75, 3.05) is 44.5 Å². The Bertz CT molecular complexity index is 487. The molecular weight excluding hydrogens is 320 g/mol. The monoisotopic (exact) mass is 338 g/mol. The summed E-state index contributed by atoms with van der Waals surface area (Å²) in [5, 5.41) is 2.01. The van der Waals surface area contributed by atoms with Crippen LogP contribution in [0.2, 0.25) is 0 Å². The van der Waals surface area contributed by atoms with Crippen molar-refractivity contribution in [3.63, 3.8) is 0 Å². The highest BCUT2D eigenvalue weighted by Gasteiger charge is 2.24. The van der Waals surface area contributed by atoms with Crippen LogP contribution in [-0.2, 0) is 14.8 Å². The van der Waals surface area contributed by atoms with Gasteiger partial charge in [0.15, 0.2) is 0 Å². The first kappa shape index (κ1) is 16.2. The van der Waals surface area contributed by atoms with E-state index in [4.69, 9.17) is 16.3 Å². The molecule has 2 rings (SSSR count). The maximum absolute atomic E-state index is 11.8. The molecule has 8 heteroatoms. The Kier molecular flexibility index (Phi) is 6.25. The highest BCUT2D eigenvalue weighted by molar-refractivity contribution is 7.89. The number of hydrogen-bond donors (Lipinski definition) is 1. The van der Waals surface area contributed by atoms with Crippen LogP contribution in [0.15, 0.2) is 17.5 Å². The second-order valence-electron chi connectivity index (χ2n) is 4.54. The lowest BCUT2D eigenvalue weighted by atomic mass is 10.2. The summed E-state index contributed by atoms with van der Waals surface area (Å²) in [6.07, 6.45) is 0. The number of halogens is 1. The highest BCUT2D eigenvalue weighted by atomic mass is 35.5. The molecule has 1 fully saturated rings. The zero-order chi connectivity index (χ0) is 14.4. The molecule has 20 heavy (non-hydrogen) atoms. The summed E-state index contributed by atoms with van der Waals surface area (Å²) in [6.45, 7) is 3.39. The first-order valence-corrected chi connectivity index (χ1v) is 9.57.